The first-order valence-corrected chi connectivity index (χ1v) is 25.3. The molecule has 2 aliphatic carbocycles. The van der Waals surface area contributed by atoms with Crippen molar-refractivity contribution in [1.29, 1.82) is 0 Å². The first-order valence-electron chi connectivity index (χ1n) is 21.6. The van der Waals surface area contributed by atoms with Gasteiger partial charge >= 0.3 is 0 Å². The van der Waals surface area contributed by atoms with Crippen LogP contribution in [0.2, 0.25) is 25.7 Å². The third kappa shape index (κ3) is 12.6. The maximum Gasteiger partial charge on any atom is 0.147 e. The normalized spacial score (nSPS) is 23.9. The topological polar surface area (TPSA) is 83.1 Å². The average Bonchev–Trinajstić information content (AvgIpc) is 3.55. The zero-order chi connectivity index (χ0) is 43.2. The minimum absolute atomic E-state index is 0.131. The summed E-state index contributed by atoms with van der Waals surface area (Å²) in [5, 5.41) is 0. The van der Waals surface area contributed by atoms with Crippen molar-refractivity contribution in [3.05, 3.63) is 120 Å². The van der Waals surface area contributed by atoms with Crippen molar-refractivity contribution in [3.63, 3.8) is 0 Å². The van der Waals surface area contributed by atoms with Crippen molar-refractivity contribution < 1.29 is 42.6 Å². The van der Waals surface area contributed by atoms with E-state index in [-0.39, 0.29) is 55.6 Å². The molecular formula is C50H72O9Si. The van der Waals surface area contributed by atoms with Gasteiger partial charge in [0.2, 0.25) is 0 Å². The van der Waals surface area contributed by atoms with Gasteiger partial charge < -0.3 is 42.6 Å². The molecule has 60 heavy (non-hydrogen) atoms. The second-order valence-corrected chi connectivity index (χ2v) is 23.8. The highest BCUT2D eigenvalue weighted by Crippen LogP contribution is 2.54. The van der Waals surface area contributed by atoms with E-state index in [1.54, 1.807) is 21.3 Å². The Morgan fingerprint density at radius 1 is 0.783 bits per heavy atom. The van der Waals surface area contributed by atoms with Crippen LogP contribution in [0.5, 0.6) is 11.5 Å². The molecule has 0 aromatic heterocycles. The lowest BCUT2D eigenvalue weighted by Crippen LogP contribution is -2.59. The molecule has 2 bridgehead atoms. The Morgan fingerprint density at radius 2 is 1.40 bits per heavy atom. The van der Waals surface area contributed by atoms with Crippen molar-refractivity contribution >= 4 is 8.07 Å². The molecule has 0 spiro atoms. The van der Waals surface area contributed by atoms with Gasteiger partial charge in [-0.3, -0.25) is 0 Å². The highest BCUT2D eigenvalue weighted by Gasteiger charge is 2.55. The summed E-state index contributed by atoms with van der Waals surface area (Å²) in [4.78, 5) is 0. The Balaban J connectivity index is 1.62. The predicted molar refractivity (Wildman–Crippen MR) is 241 cm³/mol. The quantitative estimate of drug-likeness (QED) is 0.0379. The fourth-order valence-electron chi connectivity index (χ4n) is 9.02. The fourth-order valence-corrected chi connectivity index (χ4v) is 9.77. The predicted octanol–water partition coefficient (Wildman–Crippen LogP) is 10.7. The standard InChI is InChI=1S/C50H72O9Si/c1-11-46(56-32-40-19-25-43(53-7)26-20-40)50(59-33-38-15-13-12-14-16-38,34-55-31-39-17-23-42(52-6)24-18-39)44-27-21-41-22-28-45(49(41,3)4)48(57-35-51-5)47(37(44)2)58-36-54-29-30-60(8,9)10/h11-21,23-26,37,44-48H,1,22,27-36H2,2-10H3/b41-21-/t37-,44+,45-,46-,47-,48-,50-/m1/s1. The van der Waals surface area contributed by atoms with Gasteiger partial charge in [0.1, 0.15) is 36.8 Å². The number of benzene rings is 3. The molecule has 0 unspecified atom stereocenters. The molecule has 0 heterocycles. The second kappa shape index (κ2) is 22.7. The minimum atomic E-state index is -1.31. The van der Waals surface area contributed by atoms with Gasteiger partial charge in [0.25, 0.3) is 0 Å². The van der Waals surface area contributed by atoms with Crippen molar-refractivity contribution in [2.24, 2.45) is 23.2 Å². The molecule has 10 heteroatoms. The van der Waals surface area contributed by atoms with Gasteiger partial charge in [0, 0.05) is 27.7 Å². The van der Waals surface area contributed by atoms with Crippen LogP contribution in [-0.2, 0) is 53.0 Å². The summed E-state index contributed by atoms with van der Waals surface area (Å²) >= 11 is 0. The summed E-state index contributed by atoms with van der Waals surface area (Å²) in [7, 11) is 3.72. The van der Waals surface area contributed by atoms with Crippen LogP contribution in [0.15, 0.2) is 103 Å². The SMILES string of the molecule is C=C[C@@H](OCc1ccc(OC)cc1)[C@](COCc1ccc(OC)cc1)(OCc1ccccc1)[C@H]1C/C=C2/CC[C@H]([C@@H](OCOC)[C@H](OCOCC[Si](C)(C)C)[C@@H]1C)C2(C)C. The van der Waals surface area contributed by atoms with Crippen LogP contribution in [0.1, 0.15) is 56.7 Å². The van der Waals surface area contributed by atoms with Crippen LogP contribution in [0.25, 0.3) is 0 Å². The Bertz CT molecular complexity index is 1740. The van der Waals surface area contributed by atoms with E-state index < -0.39 is 19.8 Å². The number of ether oxygens (including phenoxy) is 9. The number of methoxy groups -OCH3 is 3. The third-order valence-corrected chi connectivity index (χ3v) is 14.4. The molecule has 5 rings (SSSR count). The summed E-state index contributed by atoms with van der Waals surface area (Å²) in [6.07, 6.45) is 5.80. The number of allylic oxidation sites excluding steroid dienone is 2. The van der Waals surface area contributed by atoms with E-state index in [1.807, 2.05) is 72.8 Å². The van der Waals surface area contributed by atoms with E-state index in [4.69, 9.17) is 42.6 Å². The van der Waals surface area contributed by atoms with Gasteiger partial charge in [-0.1, -0.05) is 113 Å². The van der Waals surface area contributed by atoms with Crippen LogP contribution in [0, 0.1) is 23.2 Å². The Labute approximate surface area is 361 Å². The fraction of sp³-hybridized carbons (Fsp3) is 0.560. The molecule has 1 saturated carbocycles. The van der Waals surface area contributed by atoms with Crippen molar-refractivity contribution in [1.82, 2.24) is 0 Å². The van der Waals surface area contributed by atoms with E-state index in [0.717, 1.165) is 47.1 Å². The molecule has 3 aromatic carbocycles. The summed E-state index contributed by atoms with van der Waals surface area (Å²) in [6, 6.07) is 27.3. The summed E-state index contributed by atoms with van der Waals surface area (Å²) in [5.74, 6) is 1.45. The van der Waals surface area contributed by atoms with Gasteiger partial charge in [0.05, 0.1) is 52.9 Å². The molecule has 2 aliphatic rings. The number of hydrogen-bond donors (Lipinski definition) is 0. The molecule has 3 aromatic rings. The largest absolute Gasteiger partial charge is 0.497 e. The van der Waals surface area contributed by atoms with E-state index in [1.165, 1.54) is 5.57 Å². The number of fused-ring (bicyclic) bond motifs is 2. The van der Waals surface area contributed by atoms with Gasteiger partial charge in [0.15, 0.2) is 0 Å². The van der Waals surface area contributed by atoms with E-state index in [9.17, 15) is 0 Å². The van der Waals surface area contributed by atoms with E-state index in [0.29, 0.717) is 32.8 Å². The first kappa shape index (κ1) is 47.7. The maximum absolute atomic E-state index is 7.45. The van der Waals surface area contributed by atoms with Crippen LogP contribution in [0.4, 0.5) is 0 Å². The lowest BCUT2D eigenvalue weighted by atomic mass is 9.69. The third-order valence-electron chi connectivity index (χ3n) is 12.7. The van der Waals surface area contributed by atoms with Crippen LogP contribution in [0.3, 0.4) is 0 Å². The van der Waals surface area contributed by atoms with Crippen molar-refractivity contribution in [2.75, 3.05) is 48.1 Å². The molecular weight excluding hydrogens is 773 g/mol. The van der Waals surface area contributed by atoms with Gasteiger partial charge in [-0.05, 0) is 83.5 Å². The van der Waals surface area contributed by atoms with Crippen molar-refractivity contribution in [2.45, 2.75) is 109 Å². The second-order valence-electron chi connectivity index (χ2n) is 18.2. The molecule has 9 nitrogen and oxygen atoms in total. The molecule has 0 radical (unpaired) electrons. The smallest absolute Gasteiger partial charge is 0.147 e. The lowest BCUT2D eigenvalue weighted by molar-refractivity contribution is -0.237. The molecule has 0 saturated heterocycles. The Morgan fingerprint density at radius 3 is 2.00 bits per heavy atom. The average molecular weight is 845 g/mol. The zero-order valence-electron chi connectivity index (χ0n) is 37.8. The van der Waals surface area contributed by atoms with E-state index in [2.05, 4.69) is 65.2 Å². The summed E-state index contributed by atoms with van der Waals surface area (Å²) in [5.41, 5.74) is 3.33. The van der Waals surface area contributed by atoms with Crippen LogP contribution in [-0.4, -0.2) is 80.1 Å². The molecule has 7 atom stereocenters. The molecule has 330 valence electrons. The van der Waals surface area contributed by atoms with Gasteiger partial charge in [-0.15, -0.1) is 6.58 Å². The first-order chi connectivity index (χ1) is 28.8. The summed E-state index contributed by atoms with van der Waals surface area (Å²) in [6.45, 7) is 20.7. The highest BCUT2D eigenvalue weighted by atomic mass is 28.3. The van der Waals surface area contributed by atoms with Gasteiger partial charge in [-0.2, -0.15) is 0 Å². The molecule has 0 aliphatic heterocycles. The minimum Gasteiger partial charge on any atom is -0.497 e. The maximum atomic E-state index is 7.45. The van der Waals surface area contributed by atoms with Crippen molar-refractivity contribution in [3.8, 4) is 11.5 Å². The number of hydrogen-bond acceptors (Lipinski definition) is 9. The zero-order valence-corrected chi connectivity index (χ0v) is 38.8. The van der Waals surface area contributed by atoms with Crippen LogP contribution >= 0.6 is 0 Å². The highest BCUT2D eigenvalue weighted by molar-refractivity contribution is 6.76. The summed E-state index contributed by atoms with van der Waals surface area (Å²) < 4.78 is 57.9. The van der Waals surface area contributed by atoms with E-state index >= 15 is 0 Å². The monoisotopic (exact) mass is 844 g/mol. The Hall–Kier alpha value is -3.32. The molecule has 0 N–H and O–H groups in total. The lowest BCUT2D eigenvalue weighted by Gasteiger charge is -2.49. The Kier molecular flexibility index (Phi) is 18.0. The van der Waals surface area contributed by atoms with Crippen LogP contribution < -0.4 is 9.47 Å². The molecule has 0 amide bonds. The number of rotatable bonds is 24. The molecule has 1 fully saturated rings. The van der Waals surface area contributed by atoms with Gasteiger partial charge in [-0.25, -0.2) is 0 Å².